The van der Waals surface area contributed by atoms with Crippen molar-refractivity contribution in [3.05, 3.63) is 28.8 Å². The minimum absolute atomic E-state index is 0.0441. The van der Waals surface area contributed by atoms with Crippen LogP contribution in [0.25, 0.3) is 0 Å². The average Bonchev–Trinajstić information content (AvgIpc) is 2.43. The molecule has 0 aromatic heterocycles. The van der Waals surface area contributed by atoms with Crippen LogP contribution in [-0.4, -0.2) is 23.9 Å². The molecule has 2 atom stereocenters. The predicted molar refractivity (Wildman–Crippen MR) is 84.5 cm³/mol. The zero-order chi connectivity index (χ0) is 15.7. The number of hydrogen-bond acceptors (Lipinski definition) is 2. The Morgan fingerprint density at radius 3 is 2.52 bits per heavy atom. The molecular weight excluding hydrogens is 288 g/mol. The van der Waals surface area contributed by atoms with Gasteiger partial charge in [0.2, 0.25) is 5.91 Å². The molecule has 1 aromatic rings. The Morgan fingerprint density at radius 2 is 2.00 bits per heavy atom. The molecule has 1 N–H and O–H groups in total. The highest BCUT2D eigenvalue weighted by Crippen LogP contribution is 2.28. The first-order valence-electron chi connectivity index (χ1n) is 7.26. The van der Waals surface area contributed by atoms with E-state index in [2.05, 4.69) is 5.32 Å². The molecule has 1 aromatic carbocycles. The second-order valence-corrected chi connectivity index (χ2v) is 6.20. The number of benzene rings is 1. The normalized spacial score (nSPS) is 22.7. The highest BCUT2D eigenvalue weighted by atomic mass is 35.5. The van der Waals surface area contributed by atoms with E-state index in [0.717, 1.165) is 5.56 Å². The molecule has 1 aliphatic heterocycles. The van der Waals surface area contributed by atoms with Crippen LogP contribution >= 0.6 is 11.6 Å². The summed E-state index contributed by atoms with van der Waals surface area (Å²) >= 11 is 6.17. The van der Waals surface area contributed by atoms with Gasteiger partial charge in [0, 0.05) is 10.7 Å². The number of aryl methyl sites for hydroxylation is 1. The van der Waals surface area contributed by atoms with Gasteiger partial charge in [0.25, 0.3) is 5.91 Å². The van der Waals surface area contributed by atoms with Crippen molar-refractivity contribution in [3.63, 3.8) is 0 Å². The quantitative estimate of drug-likeness (QED) is 0.933. The molecule has 4 nitrogen and oxygen atoms in total. The van der Waals surface area contributed by atoms with Crippen molar-refractivity contribution in [2.75, 3.05) is 4.90 Å². The molecule has 0 spiro atoms. The molecule has 0 aliphatic carbocycles. The summed E-state index contributed by atoms with van der Waals surface area (Å²) in [5, 5.41) is 3.43. The first kappa shape index (κ1) is 15.8. The molecule has 114 valence electrons. The van der Waals surface area contributed by atoms with Crippen molar-refractivity contribution in [2.45, 2.75) is 46.2 Å². The fraction of sp³-hybridized carbons (Fsp3) is 0.500. The number of rotatable bonds is 3. The van der Waals surface area contributed by atoms with Crippen LogP contribution in [0.3, 0.4) is 0 Å². The number of piperazine rings is 1. The Kier molecular flexibility index (Phi) is 4.57. The van der Waals surface area contributed by atoms with Crippen LogP contribution in [0.2, 0.25) is 5.02 Å². The lowest BCUT2D eigenvalue weighted by Gasteiger charge is -2.40. The molecule has 0 saturated carbocycles. The first-order chi connectivity index (χ1) is 9.86. The lowest BCUT2D eigenvalue weighted by Crippen LogP contribution is -2.64. The van der Waals surface area contributed by atoms with Gasteiger partial charge in [-0.2, -0.15) is 0 Å². The Labute approximate surface area is 130 Å². The van der Waals surface area contributed by atoms with Gasteiger partial charge in [-0.3, -0.25) is 14.5 Å². The lowest BCUT2D eigenvalue weighted by atomic mass is 9.96. The third kappa shape index (κ3) is 2.91. The smallest absolute Gasteiger partial charge is 0.250 e. The van der Waals surface area contributed by atoms with Gasteiger partial charge in [0.05, 0.1) is 0 Å². The van der Waals surface area contributed by atoms with Crippen LogP contribution < -0.4 is 10.2 Å². The number of amides is 2. The molecule has 0 radical (unpaired) electrons. The maximum atomic E-state index is 12.7. The third-order valence-electron chi connectivity index (χ3n) is 3.90. The summed E-state index contributed by atoms with van der Waals surface area (Å²) in [6.07, 6.45) is 0.563. The number of nitrogens with one attached hydrogen (secondary N) is 1. The fourth-order valence-corrected chi connectivity index (χ4v) is 2.77. The number of carbonyl (C=O) groups excluding carboxylic acids is 2. The van der Waals surface area contributed by atoms with E-state index in [0.29, 0.717) is 17.1 Å². The van der Waals surface area contributed by atoms with Crippen molar-refractivity contribution in [1.29, 1.82) is 0 Å². The summed E-state index contributed by atoms with van der Waals surface area (Å²) in [6, 6.07) is 4.51. The minimum atomic E-state index is -0.486. The van der Waals surface area contributed by atoms with Crippen molar-refractivity contribution < 1.29 is 9.59 Å². The summed E-state index contributed by atoms with van der Waals surface area (Å²) in [5.41, 5.74) is 1.63. The van der Waals surface area contributed by atoms with Crippen molar-refractivity contribution >= 4 is 29.1 Å². The van der Waals surface area contributed by atoms with Crippen LogP contribution in [-0.2, 0) is 9.59 Å². The Balaban J connectivity index is 2.46. The van der Waals surface area contributed by atoms with Crippen LogP contribution in [0.15, 0.2) is 18.2 Å². The highest BCUT2D eigenvalue weighted by Gasteiger charge is 2.41. The summed E-state index contributed by atoms with van der Waals surface area (Å²) < 4.78 is 0. The van der Waals surface area contributed by atoms with Gasteiger partial charge >= 0.3 is 0 Å². The fourth-order valence-electron chi connectivity index (χ4n) is 2.59. The Hall–Kier alpha value is -1.55. The maximum Gasteiger partial charge on any atom is 0.250 e. The van der Waals surface area contributed by atoms with Gasteiger partial charge < -0.3 is 5.32 Å². The largest absolute Gasteiger partial charge is 0.342 e. The van der Waals surface area contributed by atoms with Gasteiger partial charge in [-0.1, -0.05) is 38.4 Å². The van der Waals surface area contributed by atoms with Crippen LogP contribution in [0.5, 0.6) is 0 Å². The molecule has 1 heterocycles. The number of hydrogen-bond donors (Lipinski definition) is 1. The topological polar surface area (TPSA) is 49.4 Å². The van der Waals surface area contributed by atoms with Gasteiger partial charge in [-0.05, 0) is 37.0 Å². The van der Waals surface area contributed by atoms with E-state index < -0.39 is 12.1 Å². The standard InChI is InChI=1S/C16H21ClN2O2/c1-5-13-15(20)18-14(9(2)3)16(21)19(13)11-7-6-10(4)12(17)8-11/h6-9,13-14H,5H2,1-4H3,(H,18,20). The Bertz CT molecular complexity index is 571. The molecule has 2 amide bonds. The lowest BCUT2D eigenvalue weighted by molar-refractivity contribution is -0.134. The van der Waals surface area contributed by atoms with Gasteiger partial charge in [0.15, 0.2) is 0 Å². The van der Waals surface area contributed by atoms with Gasteiger partial charge in [-0.15, -0.1) is 0 Å². The van der Waals surface area contributed by atoms with E-state index >= 15 is 0 Å². The molecule has 1 fully saturated rings. The van der Waals surface area contributed by atoms with E-state index in [-0.39, 0.29) is 17.7 Å². The number of anilines is 1. The van der Waals surface area contributed by atoms with Crippen molar-refractivity contribution in [1.82, 2.24) is 5.32 Å². The number of halogens is 1. The zero-order valence-electron chi connectivity index (χ0n) is 12.8. The van der Waals surface area contributed by atoms with Crippen LogP contribution in [0.4, 0.5) is 5.69 Å². The van der Waals surface area contributed by atoms with Crippen LogP contribution in [0.1, 0.15) is 32.8 Å². The van der Waals surface area contributed by atoms with E-state index in [1.807, 2.05) is 39.8 Å². The maximum absolute atomic E-state index is 12.7. The molecule has 1 aliphatic rings. The van der Waals surface area contributed by atoms with Crippen molar-refractivity contribution in [3.8, 4) is 0 Å². The zero-order valence-corrected chi connectivity index (χ0v) is 13.6. The van der Waals surface area contributed by atoms with Gasteiger partial charge in [0.1, 0.15) is 12.1 Å². The average molecular weight is 309 g/mol. The summed E-state index contributed by atoms with van der Waals surface area (Å²) in [5.74, 6) is -0.133. The van der Waals surface area contributed by atoms with E-state index in [1.165, 1.54) is 0 Å². The molecule has 1 saturated heterocycles. The monoisotopic (exact) mass is 308 g/mol. The molecule has 5 heteroatoms. The second kappa shape index (κ2) is 6.06. The van der Waals surface area contributed by atoms with Gasteiger partial charge in [-0.25, -0.2) is 0 Å². The van der Waals surface area contributed by atoms with Crippen LogP contribution in [0, 0.1) is 12.8 Å². The molecule has 2 unspecified atom stereocenters. The first-order valence-corrected chi connectivity index (χ1v) is 7.64. The number of carbonyl (C=O) groups is 2. The second-order valence-electron chi connectivity index (χ2n) is 5.80. The van der Waals surface area contributed by atoms with E-state index in [4.69, 9.17) is 11.6 Å². The summed E-state index contributed by atoms with van der Waals surface area (Å²) in [4.78, 5) is 26.6. The molecule has 2 rings (SSSR count). The van der Waals surface area contributed by atoms with E-state index in [9.17, 15) is 9.59 Å². The SMILES string of the molecule is CCC1C(=O)NC(C(C)C)C(=O)N1c1ccc(C)c(Cl)c1. The predicted octanol–water partition coefficient (Wildman–Crippen LogP) is 2.91. The molecule has 21 heavy (non-hydrogen) atoms. The Morgan fingerprint density at radius 1 is 1.33 bits per heavy atom. The highest BCUT2D eigenvalue weighted by molar-refractivity contribution is 6.31. The summed E-state index contributed by atoms with van der Waals surface area (Å²) in [7, 11) is 0. The summed E-state index contributed by atoms with van der Waals surface area (Å²) in [6.45, 7) is 7.66. The molecular formula is C16H21ClN2O2. The molecule has 0 bridgehead atoms. The minimum Gasteiger partial charge on any atom is -0.342 e. The van der Waals surface area contributed by atoms with Crippen molar-refractivity contribution in [2.24, 2.45) is 5.92 Å². The number of nitrogens with zero attached hydrogens (tertiary/aromatic N) is 1. The van der Waals surface area contributed by atoms with E-state index in [1.54, 1.807) is 11.0 Å². The third-order valence-corrected chi connectivity index (χ3v) is 4.31.